The third-order valence-corrected chi connectivity index (χ3v) is 2.30. The molecule has 0 aliphatic heterocycles. The third-order valence-electron chi connectivity index (χ3n) is 2.30. The first-order chi connectivity index (χ1) is 5.30. The summed E-state index contributed by atoms with van der Waals surface area (Å²) in [7, 11) is 4.38. The summed E-state index contributed by atoms with van der Waals surface area (Å²) >= 11 is 0. The fourth-order valence-corrected chi connectivity index (χ4v) is 1.60. The van der Waals surface area contributed by atoms with Crippen LogP contribution in [0.25, 0.3) is 0 Å². The van der Waals surface area contributed by atoms with Crippen LogP contribution in [0.1, 0.15) is 46.0 Å². The molecular weight excluding hydrogens is 134 g/mol. The summed E-state index contributed by atoms with van der Waals surface area (Å²) in [5, 5.41) is 0. The van der Waals surface area contributed by atoms with Gasteiger partial charge in [0.1, 0.15) is 0 Å². The van der Waals surface area contributed by atoms with Crippen molar-refractivity contribution >= 4 is 0 Å². The molecule has 0 spiro atoms. The topological polar surface area (TPSA) is 3.24 Å². The number of nitrogens with zero attached hydrogens (tertiary/aromatic N) is 1. The lowest BCUT2D eigenvalue weighted by atomic mass is 9.95. The maximum absolute atomic E-state index is 2.36. The van der Waals surface area contributed by atoms with Gasteiger partial charge in [0.15, 0.2) is 0 Å². The smallest absolute Gasteiger partial charge is 0.00891 e. The quantitative estimate of drug-likeness (QED) is 0.565. The van der Waals surface area contributed by atoms with E-state index in [1.54, 1.807) is 0 Å². The molecule has 68 valence electrons. The first kappa shape index (κ1) is 11.0. The second-order valence-electron chi connectivity index (χ2n) is 3.26. The van der Waals surface area contributed by atoms with E-state index in [0.717, 1.165) is 6.04 Å². The zero-order valence-electron chi connectivity index (χ0n) is 8.56. The molecule has 0 aromatic heterocycles. The van der Waals surface area contributed by atoms with Crippen LogP contribution in [0.4, 0.5) is 0 Å². The standard InChI is InChI=1S/C8H17N.C2H6/c1-9(2)8-6-4-3-5-7-8;1-2/h8H,3-7H2,1-2H3;1-2H3. The highest BCUT2D eigenvalue weighted by molar-refractivity contribution is 4.70. The maximum atomic E-state index is 2.36. The van der Waals surface area contributed by atoms with E-state index in [1.165, 1.54) is 32.1 Å². The van der Waals surface area contributed by atoms with Crippen LogP contribution in [0.2, 0.25) is 0 Å². The Morgan fingerprint density at radius 3 is 1.64 bits per heavy atom. The SMILES string of the molecule is CC.CN(C)C1CCCCC1. The first-order valence-corrected chi connectivity index (χ1v) is 4.97. The highest BCUT2D eigenvalue weighted by atomic mass is 15.1. The van der Waals surface area contributed by atoms with Crippen molar-refractivity contribution in [2.45, 2.75) is 52.0 Å². The molecule has 1 aliphatic carbocycles. The molecule has 0 unspecified atom stereocenters. The number of rotatable bonds is 1. The molecule has 1 nitrogen and oxygen atoms in total. The molecule has 1 fully saturated rings. The minimum absolute atomic E-state index is 0.888. The van der Waals surface area contributed by atoms with Gasteiger partial charge in [0.2, 0.25) is 0 Å². The Balaban J connectivity index is 0.000000461. The Kier molecular flexibility index (Phi) is 6.63. The van der Waals surface area contributed by atoms with Crippen molar-refractivity contribution in [3.05, 3.63) is 0 Å². The second kappa shape index (κ2) is 6.66. The fourth-order valence-electron chi connectivity index (χ4n) is 1.60. The van der Waals surface area contributed by atoms with Crippen molar-refractivity contribution in [3.8, 4) is 0 Å². The average molecular weight is 157 g/mol. The van der Waals surface area contributed by atoms with E-state index in [-0.39, 0.29) is 0 Å². The first-order valence-electron chi connectivity index (χ1n) is 4.97. The van der Waals surface area contributed by atoms with E-state index in [0.29, 0.717) is 0 Å². The van der Waals surface area contributed by atoms with Gasteiger partial charge in [-0.05, 0) is 26.9 Å². The molecular formula is C10H23N. The monoisotopic (exact) mass is 157 g/mol. The van der Waals surface area contributed by atoms with Gasteiger partial charge >= 0.3 is 0 Å². The minimum Gasteiger partial charge on any atom is -0.306 e. The summed E-state index contributed by atoms with van der Waals surface area (Å²) in [6.07, 6.45) is 7.20. The van der Waals surface area contributed by atoms with Crippen LogP contribution in [0, 0.1) is 0 Å². The Labute approximate surface area is 71.8 Å². The molecule has 0 N–H and O–H groups in total. The van der Waals surface area contributed by atoms with Gasteiger partial charge in [0, 0.05) is 6.04 Å². The predicted molar refractivity (Wildman–Crippen MR) is 51.9 cm³/mol. The molecule has 0 aromatic rings. The van der Waals surface area contributed by atoms with Gasteiger partial charge in [-0.2, -0.15) is 0 Å². The summed E-state index contributed by atoms with van der Waals surface area (Å²) in [4.78, 5) is 2.36. The molecule has 0 radical (unpaired) electrons. The summed E-state index contributed by atoms with van der Waals surface area (Å²) < 4.78 is 0. The van der Waals surface area contributed by atoms with Crippen LogP contribution in [0.5, 0.6) is 0 Å². The van der Waals surface area contributed by atoms with E-state index < -0.39 is 0 Å². The van der Waals surface area contributed by atoms with Crippen LogP contribution in [-0.2, 0) is 0 Å². The molecule has 0 heterocycles. The summed E-state index contributed by atoms with van der Waals surface area (Å²) in [5.74, 6) is 0. The molecule has 1 saturated carbocycles. The Morgan fingerprint density at radius 1 is 0.909 bits per heavy atom. The summed E-state index contributed by atoms with van der Waals surface area (Å²) in [5.41, 5.74) is 0. The van der Waals surface area contributed by atoms with Crippen LogP contribution in [-0.4, -0.2) is 25.0 Å². The minimum atomic E-state index is 0.888. The molecule has 1 heteroatoms. The summed E-state index contributed by atoms with van der Waals surface area (Å²) in [6, 6.07) is 0.888. The highest BCUT2D eigenvalue weighted by Gasteiger charge is 2.13. The lowest BCUT2D eigenvalue weighted by Crippen LogP contribution is -2.29. The largest absolute Gasteiger partial charge is 0.306 e. The normalized spacial score (nSPS) is 19.4. The number of hydrogen-bond acceptors (Lipinski definition) is 1. The molecule has 0 bridgehead atoms. The van der Waals surface area contributed by atoms with Crippen LogP contribution in [0.3, 0.4) is 0 Å². The van der Waals surface area contributed by atoms with Crippen LogP contribution in [0.15, 0.2) is 0 Å². The molecule has 1 aliphatic rings. The molecule has 1 rings (SSSR count). The molecule has 0 atom stereocenters. The second-order valence-corrected chi connectivity index (χ2v) is 3.26. The van der Waals surface area contributed by atoms with Gasteiger partial charge in [-0.25, -0.2) is 0 Å². The van der Waals surface area contributed by atoms with Crippen molar-refractivity contribution < 1.29 is 0 Å². The lowest BCUT2D eigenvalue weighted by molar-refractivity contribution is 0.229. The van der Waals surface area contributed by atoms with Crippen molar-refractivity contribution in [1.29, 1.82) is 0 Å². The number of hydrogen-bond donors (Lipinski definition) is 0. The Hall–Kier alpha value is -0.0400. The third kappa shape index (κ3) is 4.41. The maximum Gasteiger partial charge on any atom is 0.00891 e. The van der Waals surface area contributed by atoms with Crippen molar-refractivity contribution in [2.24, 2.45) is 0 Å². The van der Waals surface area contributed by atoms with Crippen molar-refractivity contribution in [3.63, 3.8) is 0 Å². The lowest BCUT2D eigenvalue weighted by Gasteiger charge is -2.27. The Bertz CT molecular complexity index is 72.9. The Morgan fingerprint density at radius 2 is 1.36 bits per heavy atom. The predicted octanol–water partition coefficient (Wildman–Crippen LogP) is 2.91. The summed E-state index contributed by atoms with van der Waals surface area (Å²) in [6.45, 7) is 4.00. The fraction of sp³-hybridized carbons (Fsp3) is 1.00. The van der Waals surface area contributed by atoms with E-state index >= 15 is 0 Å². The van der Waals surface area contributed by atoms with E-state index in [9.17, 15) is 0 Å². The van der Waals surface area contributed by atoms with Gasteiger partial charge in [-0.1, -0.05) is 33.1 Å². The zero-order chi connectivity index (χ0) is 8.69. The van der Waals surface area contributed by atoms with Gasteiger partial charge < -0.3 is 4.90 Å². The van der Waals surface area contributed by atoms with Gasteiger partial charge in [-0.15, -0.1) is 0 Å². The highest BCUT2D eigenvalue weighted by Crippen LogP contribution is 2.20. The zero-order valence-corrected chi connectivity index (χ0v) is 8.56. The average Bonchev–Trinajstić information content (AvgIpc) is 2.10. The van der Waals surface area contributed by atoms with E-state index in [1.807, 2.05) is 13.8 Å². The van der Waals surface area contributed by atoms with Gasteiger partial charge in [0.25, 0.3) is 0 Å². The van der Waals surface area contributed by atoms with Crippen molar-refractivity contribution in [1.82, 2.24) is 4.90 Å². The van der Waals surface area contributed by atoms with Crippen LogP contribution >= 0.6 is 0 Å². The van der Waals surface area contributed by atoms with Crippen LogP contribution < -0.4 is 0 Å². The van der Waals surface area contributed by atoms with Crippen molar-refractivity contribution in [2.75, 3.05) is 14.1 Å². The van der Waals surface area contributed by atoms with Gasteiger partial charge in [-0.3, -0.25) is 0 Å². The molecule has 0 amide bonds. The van der Waals surface area contributed by atoms with E-state index in [2.05, 4.69) is 19.0 Å². The molecule has 11 heavy (non-hydrogen) atoms. The van der Waals surface area contributed by atoms with Gasteiger partial charge in [0.05, 0.1) is 0 Å². The van der Waals surface area contributed by atoms with E-state index in [4.69, 9.17) is 0 Å². The molecule has 0 saturated heterocycles. The molecule has 0 aromatic carbocycles.